The first-order valence-corrected chi connectivity index (χ1v) is 9.16. The van der Waals surface area contributed by atoms with Gasteiger partial charge in [0.05, 0.1) is 6.54 Å². The van der Waals surface area contributed by atoms with Crippen LogP contribution in [0.3, 0.4) is 0 Å². The minimum atomic E-state index is -0.537. The molecule has 0 aromatic carbocycles. The second-order valence-electron chi connectivity index (χ2n) is 8.14. The van der Waals surface area contributed by atoms with Crippen molar-refractivity contribution >= 4 is 12.0 Å². The number of likely N-dealkylation sites (N-methyl/N-ethyl adjacent to an activating group) is 1. The maximum absolute atomic E-state index is 13.0. The van der Waals surface area contributed by atoms with E-state index >= 15 is 0 Å². The predicted molar refractivity (Wildman–Crippen MR) is 97.0 cm³/mol. The number of carbonyl (C=O) groups is 2. The maximum atomic E-state index is 13.0. The van der Waals surface area contributed by atoms with E-state index in [1.165, 1.54) is 0 Å². The normalized spacial score (nSPS) is 18.7. The fourth-order valence-electron chi connectivity index (χ4n) is 3.41. The van der Waals surface area contributed by atoms with Crippen LogP contribution in [0.2, 0.25) is 0 Å². The highest BCUT2D eigenvalue weighted by Crippen LogP contribution is 2.25. The van der Waals surface area contributed by atoms with Crippen LogP contribution < -0.4 is 0 Å². The van der Waals surface area contributed by atoms with Gasteiger partial charge in [-0.25, -0.2) is 4.79 Å². The largest absolute Gasteiger partial charge is 0.444 e. The van der Waals surface area contributed by atoms with Gasteiger partial charge in [0.15, 0.2) is 5.69 Å². The van der Waals surface area contributed by atoms with Crippen molar-refractivity contribution in [2.45, 2.75) is 39.3 Å². The molecule has 0 radical (unpaired) electrons. The molecule has 2 aliphatic rings. The number of aromatic nitrogens is 2. The zero-order valence-corrected chi connectivity index (χ0v) is 16.4. The summed E-state index contributed by atoms with van der Waals surface area (Å²) in [6, 6.07) is 0. The van der Waals surface area contributed by atoms with Crippen LogP contribution in [-0.2, 0) is 24.8 Å². The zero-order valence-electron chi connectivity index (χ0n) is 16.4. The summed E-state index contributed by atoms with van der Waals surface area (Å²) >= 11 is 0. The van der Waals surface area contributed by atoms with Crippen molar-refractivity contribution in [2.75, 3.05) is 39.8 Å². The molecule has 26 heavy (non-hydrogen) atoms. The molecule has 1 saturated heterocycles. The average Bonchev–Trinajstić information content (AvgIpc) is 2.90. The molecule has 0 aliphatic carbocycles. The van der Waals surface area contributed by atoms with Crippen LogP contribution in [0.5, 0.6) is 0 Å². The van der Waals surface area contributed by atoms with Gasteiger partial charge in [-0.2, -0.15) is 5.10 Å². The van der Waals surface area contributed by atoms with Gasteiger partial charge in [0.2, 0.25) is 0 Å². The highest BCUT2D eigenvalue weighted by molar-refractivity contribution is 5.94. The number of piperazine rings is 1. The lowest BCUT2D eigenvalue weighted by molar-refractivity contribution is 0.0221. The number of hydrogen-bond donors (Lipinski definition) is 0. The number of rotatable bonds is 1. The summed E-state index contributed by atoms with van der Waals surface area (Å²) < 4.78 is 7.27. The van der Waals surface area contributed by atoms with Crippen molar-refractivity contribution in [3.05, 3.63) is 17.0 Å². The lowest BCUT2D eigenvalue weighted by Gasteiger charge is -2.33. The Bertz CT molecular complexity index is 698. The third-order valence-corrected chi connectivity index (χ3v) is 4.89. The Morgan fingerprint density at radius 2 is 1.65 bits per heavy atom. The summed E-state index contributed by atoms with van der Waals surface area (Å²) in [5.74, 6) is -0.0408. The molecule has 0 unspecified atom stereocenters. The first kappa shape index (κ1) is 18.7. The molecule has 2 aliphatic heterocycles. The number of hydrogen-bond acceptors (Lipinski definition) is 5. The van der Waals surface area contributed by atoms with Crippen LogP contribution in [0, 0.1) is 0 Å². The van der Waals surface area contributed by atoms with E-state index in [0.717, 1.165) is 24.3 Å². The molecule has 0 N–H and O–H groups in total. The molecule has 8 heteroatoms. The van der Waals surface area contributed by atoms with Gasteiger partial charge in [0.1, 0.15) is 5.60 Å². The van der Waals surface area contributed by atoms with E-state index in [1.807, 2.05) is 32.7 Å². The molecule has 1 aromatic rings. The molecule has 1 aromatic heterocycles. The zero-order chi connectivity index (χ0) is 19.1. The Morgan fingerprint density at radius 3 is 2.27 bits per heavy atom. The Labute approximate surface area is 154 Å². The summed E-state index contributed by atoms with van der Waals surface area (Å²) in [4.78, 5) is 31.1. The fourth-order valence-corrected chi connectivity index (χ4v) is 3.41. The Balaban J connectivity index is 1.79. The quantitative estimate of drug-likeness (QED) is 0.747. The van der Waals surface area contributed by atoms with Gasteiger partial charge in [0.25, 0.3) is 5.91 Å². The first-order valence-electron chi connectivity index (χ1n) is 9.16. The van der Waals surface area contributed by atoms with Gasteiger partial charge in [-0.3, -0.25) is 9.48 Å². The van der Waals surface area contributed by atoms with E-state index in [1.54, 1.807) is 9.58 Å². The first-order chi connectivity index (χ1) is 12.2. The maximum Gasteiger partial charge on any atom is 0.410 e. The number of fused-ring (bicyclic) bond motifs is 1. The molecule has 1 fully saturated rings. The third-order valence-electron chi connectivity index (χ3n) is 4.89. The Morgan fingerprint density at radius 1 is 1.00 bits per heavy atom. The van der Waals surface area contributed by atoms with Crippen LogP contribution in [0.25, 0.3) is 0 Å². The monoisotopic (exact) mass is 363 g/mol. The molecular weight excluding hydrogens is 334 g/mol. The number of aryl methyl sites for hydroxylation is 1. The van der Waals surface area contributed by atoms with E-state index < -0.39 is 5.60 Å². The van der Waals surface area contributed by atoms with E-state index in [2.05, 4.69) is 17.0 Å². The number of nitrogens with zero attached hydrogens (tertiary/aromatic N) is 5. The standard InChI is InChI=1S/C18H29N5O3/c1-18(2,3)26-17(25)23-7-6-14-13(12-23)15(19-21(14)5)16(24)22-10-8-20(4)9-11-22/h6-12H2,1-5H3. The van der Waals surface area contributed by atoms with Gasteiger partial charge in [-0.1, -0.05) is 0 Å². The molecule has 2 amide bonds. The van der Waals surface area contributed by atoms with Crippen LogP contribution in [0.4, 0.5) is 4.79 Å². The number of amides is 2. The van der Waals surface area contributed by atoms with Crippen molar-refractivity contribution in [3.63, 3.8) is 0 Å². The average molecular weight is 363 g/mol. The van der Waals surface area contributed by atoms with Gasteiger partial charge >= 0.3 is 6.09 Å². The molecule has 0 spiro atoms. The van der Waals surface area contributed by atoms with Gasteiger partial charge in [-0.05, 0) is 27.8 Å². The summed E-state index contributed by atoms with van der Waals surface area (Å²) in [5.41, 5.74) is 1.82. The highest BCUT2D eigenvalue weighted by atomic mass is 16.6. The lowest BCUT2D eigenvalue weighted by Crippen LogP contribution is -2.47. The van der Waals surface area contributed by atoms with Crippen molar-refractivity contribution in [3.8, 4) is 0 Å². The van der Waals surface area contributed by atoms with Crippen LogP contribution in [0.1, 0.15) is 42.5 Å². The summed E-state index contributed by atoms with van der Waals surface area (Å²) in [6.45, 7) is 9.64. The van der Waals surface area contributed by atoms with Crippen LogP contribution in [-0.4, -0.2) is 81.9 Å². The molecular formula is C18H29N5O3. The molecule has 144 valence electrons. The van der Waals surface area contributed by atoms with Crippen molar-refractivity contribution < 1.29 is 14.3 Å². The van der Waals surface area contributed by atoms with Gasteiger partial charge < -0.3 is 19.4 Å². The van der Waals surface area contributed by atoms with Gasteiger partial charge in [-0.15, -0.1) is 0 Å². The van der Waals surface area contributed by atoms with Crippen LogP contribution in [0.15, 0.2) is 0 Å². The Hall–Kier alpha value is -2.09. The van der Waals surface area contributed by atoms with Crippen molar-refractivity contribution in [1.82, 2.24) is 24.5 Å². The van der Waals surface area contributed by atoms with E-state index in [9.17, 15) is 9.59 Å². The van der Waals surface area contributed by atoms with E-state index in [4.69, 9.17) is 4.74 Å². The van der Waals surface area contributed by atoms with E-state index in [0.29, 0.717) is 38.3 Å². The summed E-state index contributed by atoms with van der Waals surface area (Å²) in [7, 11) is 3.92. The fraction of sp³-hybridized carbons (Fsp3) is 0.722. The topological polar surface area (TPSA) is 70.9 Å². The highest BCUT2D eigenvalue weighted by Gasteiger charge is 2.33. The molecule has 8 nitrogen and oxygen atoms in total. The lowest BCUT2D eigenvalue weighted by atomic mass is 10.0. The molecule has 3 rings (SSSR count). The van der Waals surface area contributed by atoms with Crippen molar-refractivity contribution in [1.29, 1.82) is 0 Å². The minimum absolute atomic E-state index is 0.0408. The number of carbonyl (C=O) groups excluding carboxylic acids is 2. The SMILES string of the molecule is CN1CCN(C(=O)c2nn(C)c3c2CN(C(=O)OC(C)(C)C)CC3)CC1. The molecule has 0 atom stereocenters. The summed E-state index contributed by atoms with van der Waals surface area (Å²) in [6.07, 6.45) is 0.332. The van der Waals surface area contributed by atoms with E-state index in [-0.39, 0.29) is 12.0 Å². The minimum Gasteiger partial charge on any atom is -0.444 e. The predicted octanol–water partition coefficient (Wildman–Crippen LogP) is 1.10. The third kappa shape index (κ3) is 3.85. The summed E-state index contributed by atoms with van der Waals surface area (Å²) in [5, 5.41) is 4.49. The second kappa shape index (κ2) is 6.90. The molecule has 0 bridgehead atoms. The smallest absolute Gasteiger partial charge is 0.410 e. The van der Waals surface area contributed by atoms with Gasteiger partial charge in [0, 0.05) is 57.4 Å². The number of ether oxygens (including phenoxy) is 1. The van der Waals surface area contributed by atoms with Crippen molar-refractivity contribution in [2.24, 2.45) is 7.05 Å². The Kier molecular flexibility index (Phi) is 4.96. The van der Waals surface area contributed by atoms with Crippen LogP contribution >= 0.6 is 0 Å². The second-order valence-corrected chi connectivity index (χ2v) is 8.14. The molecule has 3 heterocycles. The molecule has 0 saturated carbocycles.